The van der Waals surface area contributed by atoms with Crippen molar-refractivity contribution in [1.29, 1.82) is 0 Å². The van der Waals surface area contributed by atoms with E-state index < -0.39 is 0 Å². The first-order valence-electron chi connectivity index (χ1n) is 8.66. The molecule has 3 aromatic rings. The van der Waals surface area contributed by atoms with Crippen LogP contribution in [-0.4, -0.2) is 25.9 Å². The van der Waals surface area contributed by atoms with Crippen LogP contribution in [0.15, 0.2) is 4.52 Å². The van der Waals surface area contributed by atoms with E-state index in [2.05, 4.69) is 22.2 Å². The molecule has 0 atom stereocenters. The van der Waals surface area contributed by atoms with Gasteiger partial charge in [-0.1, -0.05) is 5.16 Å². The highest BCUT2D eigenvalue weighted by Gasteiger charge is 2.17. The van der Waals surface area contributed by atoms with Crippen molar-refractivity contribution in [1.82, 2.24) is 19.9 Å². The minimum atomic E-state index is -0.244. The number of aryl methyl sites for hydroxylation is 6. The Hall–Kier alpha value is -2.70. The predicted octanol–water partition coefficient (Wildman–Crippen LogP) is 3.17. The molecule has 0 unspecified atom stereocenters. The molecule has 0 aromatic carbocycles. The maximum absolute atomic E-state index is 12.2. The number of carbonyl (C=O) groups excluding carboxylic acids is 1. The zero-order valence-corrected chi connectivity index (χ0v) is 16.1. The average molecular weight is 356 g/mol. The van der Waals surface area contributed by atoms with Crippen LogP contribution in [0.3, 0.4) is 0 Å². The van der Waals surface area contributed by atoms with Gasteiger partial charge in [-0.05, 0) is 52.2 Å². The fourth-order valence-corrected chi connectivity index (χ4v) is 3.39. The fourth-order valence-electron chi connectivity index (χ4n) is 3.39. The second-order valence-corrected chi connectivity index (χ2v) is 6.67. The minimum Gasteiger partial charge on any atom is -0.461 e. The average Bonchev–Trinajstić information content (AvgIpc) is 3.04. The van der Waals surface area contributed by atoms with Crippen LogP contribution in [0.5, 0.6) is 0 Å². The van der Waals surface area contributed by atoms with Gasteiger partial charge in [0.25, 0.3) is 0 Å². The Balaban J connectivity index is 1.71. The summed E-state index contributed by atoms with van der Waals surface area (Å²) in [6.07, 6.45) is 0.896. The Morgan fingerprint density at radius 1 is 1.08 bits per heavy atom. The number of rotatable bonds is 5. The maximum atomic E-state index is 12.2. The van der Waals surface area contributed by atoms with Gasteiger partial charge < -0.3 is 9.26 Å². The topological polar surface area (TPSA) is 83.0 Å². The number of aromatic nitrogens is 4. The van der Waals surface area contributed by atoms with Crippen LogP contribution < -0.4 is 0 Å². The fraction of sp³-hybridized carbons (Fsp3) is 0.474. The molecule has 0 aliphatic heterocycles. The largest absolute Gasteiger partial charge is 0.461 e. The molecule has 7 nitrogen and oxygen atoms in total. The molecule has 3 rings (SSSR count). The standard InChI is InChI=1S/C19H24N4O3/c1-10-15(11(2)20-19-18(10)13(4)21-23(19)6)7-8-17(24)25-9-16-12(3)22-26-14(16)5/h7-9H2,1-6H3. The van der Waals surface area contributed by atoms with Crippen LogP contribution in [0.25, 0.3) is 11.0 Å². The molecule has 26 heavy (non-hydrogen) atoms. The van der Waals surface area contributed by atoms with E-state index in [0.717, 1.165) is 44.8 Å². The lowest BCUT2D eigenvalue weighted by molar-refractivity contribution is -0.144. The van der Waals surface area contributed by atoms with Gasteiger partial charge in [0.1, 0.15) is 12.4 Å². The monoisotopic (exact) mass is 356 g/mol. The number of esters is 1. The van der Waals surface area contributed by atoms with Crippen LogP contribution in [0, 0.1) is 34.6 Å². The molecule has 0 spiro atoms. The molecule has 3 heterocycles. The quantitative estimate of drug-likeness (QED) is 0.653. The Kier molecular flexibility index (Phi) is 4.80. The third kappa shape index (κ3) is 3.21. The van der Waals surface area contributed by atoms with Crippen LogP contribution in [0.1, 0.15) is 46.0 Å². The van der Waals surface area contributed by atoms with Crippen molar-refractivity contribution in [2.75, 3.05) is 0 Å². The van der Waals surface area contributed by atoms with Crippen LogP contribution in [-0.2, 0) is 29.6 Å². The predicted molar refractivity (Wildman–Crippen MR) is 96.8 cm³/mol. The second-order valence-electron chi connectivity index (χ2n) is 6.67. The van der Waals surface area contributed by atoms with E-state index >= 15 is 0 Å². The van der Waals surface area contributed by atoms with Crippen LogP contribution in [0.4, 0.5) is 0 Å². The van der Waals surface area contributed by atoms with Crippen LogP contribution >= 0.6 is 0 Å². The maximum Gasteiger partial charge on any atom is 0.306 e. The smallest absolute Gasteiger partial charge is 0.306 e. The molecule has 3 aromatic heterocycles. The number of ether oxygens (including phenoxy) is 1. The highest BCUT2D eigenvalue weighted by Crippen LogP contribution is 2.26. The van der Waals surface area contributed by atoms with E-state index in [-0.39, 0.29) is 12.6 Å². The van der Waals surface area contributed by atoms with Gasteiger partial charge in [-0.2, -0.15) is 5.10 Å². The zero-order chi connectivity index (χ0) is 19.0. The third-order valence-electron chi connectivity index (χ3n) is 4.87. The van der Waals surface area contributed by atoms with Gasteiger partial charge in [0.15, 0.2) is 5.65 Å². The third-order valence-corrected chi connectivity index (χ3v) is 4.87. The van der Waals surface area contributed by atoms with Crippen molar-refractivity contribution in [3.8, 4) is 0 Å². The number of hydrogen-bond acceptors (Lipinski definition) is 6. The Morgan fingerprint density at radius 3 is 2.46 bits per heavy atom. The Labute approximate surface area is 152 Å². The Bertz CT molecular complexity index is 965. The van der Waals surface area contributed by atoms with E-state index in [9.17, 15) is 4.79 Å². The van der Waals surface area contributed by atoms with E-state index in [1.807, 2.05) is 34.7 Å². The molecule has 0 radical (unpaired) electrons. The first-order valence-corrected chi connectivity index (χ1v) is 8.66. The highest BCUT2D eigenvalue weighted by atomic mass is 16.5. The summed E-state index contributed by atoms with van der Waals surface area (Å²) in [6.45, 7) is 9.86. The molecule has 7 heteroatoms. The second kappa shape index (κ2) is 6.90. The number of pyridine rings is 1. The molecule has 0 aliphatic carbocycles. The highest BCUT2D eigenvalue weighted by molar-refractivity contribution is 5.83. The lowest BCUT2D eigenvalue weighted by Gasteiger charge is -2.11. The first-order chi connectivity index (χ1) is 12.3. The molecule has 0 fully saturated rings. The lowest BCUT2D eigenvalue weighted by atomic mass is 9.99. The lowest BCUT2D eigenvalue weighted by Crippen LogP contribution is -2.09. The van der Waals surface area contributed by atoms with Crippen molar-refractivity contribution < 1.29 is 14.1 Å². The summed E-state index contributed by atoms with van der Waals surface area (Å²) in [6, 6.07) is 0. The molecule has 0 N–H and O–H groups in total. The number of fused-ring (bicyclic) bond motifs is 1. The van der Waals surface area contributed by atoms with E-state index in [4.69, 9.17) is 9.26 Å². The summed E-state index contributed by atoms with van der Waals surface area (Å²) in [5, 5.41) is 9.39. The minimum absolute atomic E-state index is 0.191. The van der Waals surface area contributed by atoms with Crippen molar-refractivity contribution >= 4 is 17.0 Å². The van der Waals surface area contributed by atoms with Crippen molar-refractivity contribution in [3.05, 3.63) is 39.5 Å². The summed E-state index contributed by atoms with van der Waals surface area (Å²) in [5.41, 5.74) is 6.57. The first kappa shape index (κ1) is 18.1. The van der Waals surface area contributed by atoms with Crippen LogP contribution in [0.2, 0.25) is 0 Å². The molecule has 0 amide bonds. The molecule has 138 valence electrons. The molecule has 0 saturated heterocycles. The molecule has 0 bridgehead atoms. The molecule has 0 aliphatic rings. The normalized spacial score (nSPS) is 11.3. The number of carbonyl (C=O) groups is 1. The molecular formula is C19H24N4O3. The Morgan fingerprint density at radius 2 is 1.81 bits per heavy atom. The number of hydrogen-bond donors (Lipinski definition) is 0. The van der Waals surface area contributed by atoms with Gasteiger partial charge in [0.05, 0.1) is 17.0 Å². The number of nitrogens with zero attached hydrogens (tertiary/aromatic N) is 4. The van der Waals surface area contributed by atoms with Gasteiger partial charge in [-0.3, -0.25) is 9.48 Å². The van der Waals surface area contributed by atoms with Crippen molar-refractivity contribution in [2.45, 2.75) is 54.1 Å². The summed E-state index contributed by atoms with van der Waals surface area (Å²) < 4.78 is 12.3. The summed E-state index contributed by atoms with van der Waals surface area (Å²) in [5.74, 6) is 0.440. The molecule has 0 saturated carbocycles. The van der Waals surface area contributed by atoms with Gasteiger partial charge in [-0.15, -0.1) is 0 Å². The van der Waals surface area contributed by atoms with Gasteiger partial charge >= 0.3 is 5.97 Å². The molecular weight excluding hydrogens is 332 g/mol. The summed E-state index contributed by atoms with van der Waals surface area (Å²) >= 11 is 0. The zero-order valence-electron chi connectivity index (χ0n) is 16.1. The van der Waals surface area contributed by atoms with Gasteiger partial charge in [0.2, 0.25) is 0 Å². The van der Waals surface area contributed by atoms with E-state index in [0.29, 0.717) is 18.6 Å². The summed E-state index contributed by atoms with van der Waals surface area (Å²) in [4.78, 5) is 16.9. The van der Waals surface area contributed by atoms with E-state index in [1.54, 1.807) is 4.68 Å². The van der Waals surface area contributed by atoms with Gasteiger partial charge in [0, 0.05) is 24.5 Å². The van der Waals surface area contributed by atoms with Crippen molar-refractivity contribution in [3.63, 3.8) is 0 Å². The van der Waals surface area contributed by atoms with Gasteiger partial charge in [-0.25, -0.2) is 4.98 Å². The van der Waals surface area contributed by atoms with E-state index in [1.165, 1.54) is 0 Å². The SMILES string of the molecule is Cc1noc(C)c1COC(=O)CCc1c(C)nc2c(c(C)nn2C)c1C. The van der Waals surface area contributed by atoms with Crippen molar-refractivity contribution in [2.24, 2.45) is 7.05 Å². The summed E-state index contributed by atoms with van der Waals surface area (Å²) in [7, 11) is 1.90.